The normalized spacial score (nSPS) is 20.6. The van der Waals surface area contributed by atoms with E-state index in [-0.39, 0.29) is 11.9 Å². The smallest absolute Gasteiger partial charge is 0.161 e. The Morgan fingerprint density at radius 1 is 1.41 bits per heavy atom. The van der Waals surface area contributed by atoms with Crippen LogP contribution in [0, 0.1) is 0 Å². The fourth-order valence-electron chi connectivity index (χ4n) is 1.88. The molecule has 0 bridgehead atoms. The maximum absolute atomic E-state index is 11.6. The Balaban J connectivity index is 1.99. The highest BCUT2D eigenvalue weighted by Crippen LogP contribution is 2.25. The average Bonchev–Trinajstić information content (AvgIpc) is 2.30. The van der Waals surface area contributed by atoms with Crippen LogP contribution >= 0.6 is 31.9 Å². The van der Waals surface area contributed by atoms with E-state index in [1.54, 1.807) is 6.20 Å². The lowest BCUT2D eigenvalue weighted by molar-refractivity contribution is -0.134. The molecule has 1 heterocycles. The fraction of sp³-hybridized carbons (Fsp3) is 0.500. The number of carbonyl (C=O) groups excluding carboxylic acids is 1. The molecule has 0 spiro atoms. The Labute approximate surface area is 117 Å². The Kier molecular flexibility index (Phi) is 4.70. The predicted octanol–water partition coefficient (Wildman–Crippen LogP) is 3.63. The van der Waals surface area contributed by atoms with E-state index in [4.69, 9.17) is 4.74 Å². The van der Waals surface area contributed by atoms with Gasteiger partial charge in [0.25, 0.3) is 0 Å². The summed E-state index contributed by atoms with van der Waals surface area (Å²) in [6.07, 6.45) is 5.05. The molecular weight excluding hydrogens is 350 g/mol. The number of ether oxygens (including phenoxy) is 1. The summed E-state index contributed by atoms with van der Waals surface area (Å²) in [5, 5.41) is 0. The largest absolute Gasteiger partial charge is 0.366 e. The molecule has 0 radical (unpaired) electrons. The molecule has 0 aliphatic heterocycles. The average molecular weight is 363 g/mol. The van der Waals surface area contributed by atoms with E-state index in [9.17, 15) is 4.79 Å². The highest BCUT2D eigenvalue weighted by molar-refractivity contribution is 9.11. The van der Waals surface area contributed by atoms with E-state index in [1.807, 2.05) is 6.07 Å². The summed E-state index contributed by atoms with van der Waals surface area (Å²) >= 11 is 6.83. The lowest BCUT2D eigenvalue weighted by Crippen LogP contribution is -2.27. The van der Waals surface area contributed by atoms with Crippen LogP contribution in [0.4, 0.5) is 0 Å². The third kappa shape index (κ3) is 3.36. The Morgan fingerprint density at radius 3 is 2.94 bits per heavy atom. The van der Waals surface area contributed by atoms with E-state index in [2.05, 4.69) is 36.8 Å². The SMILES string of the molecule is O=C1CCCCC1OCc1c(Br)ccnc1Br. The van der Waals surface area contributed by atoms with E-state index in [1.165, 1.54) is 0 Å². The summed E-state index contributed by atoms with van der Waals surface area (Å²) < 4.78 is 7.40. The van der Waals surface area contributed by atoms with Crippen molar-refractivity contribution in [3.8, 4) is 0 Å². The minimum absolute atomic E-state index is 0.229. The Hall–Kier alpha value is -0.260. The van der Waals surface area contributed by atoms with Gasteiger partial charge in [-0.1, -0.05) is 15.9 Å². The molecule has 1 fully saturated rings. The first-order valence-electron chi connectivity index (χ1n) is 5.61. The maximum atomic E-state index is 11.6. The van der Waals surface area contributed by atoms with Crippen molar-refractivity contribution in [3.05, 3.63) is 26.9 Å². The molecule has 0 saturated heterocycles. The Bertz CT molecular complexity index is 403. The second-order valence-electron chi connectivity index (χ2n) is 4.07. The van der Waals surface area contributed by atoms with Crippen molar-refractivity contribution in [1.82, 2.24) is 4.98 Å². The van der Waals surface area contributed by atoms with Crippen LogP contribution in [0.25, 0.3) is 0 Å². The van der Waals surface area contributed by atoms with Gasteiger partial charge in [-0.2, -0.15) is 0 Å². The van der Waals surface area contributed by atoms with Gasteiger partial charge < -0.3 is 4.74 Å². The minimum Gasteiger partial charge on any atom is -0.366 e. The predicted molar refractivity (Wildman–Crippen MR) is 71.7 cm³/mol. The minimum atomic E-state index is -0.234. The monoisotopic (exact) mass is 361 g/mol. The van der Waals surface area contributed by atoms with Crippen LogP contribution in [0.5, 0.6) is 0 Å². The molecule has 1 unspecified atom stereocenters. The zero-order valence-electron chi connectivity index (χ0n) is 9.29. The zero-order valence-corrected chi connectivity index (χ0v) is 12.5. The van der Waals surface area contributed by atoms with Crippen LogP contribution in [0.3, 0.4) is 0 Å². The number of hydrogen-bond acceptors (Lipinski definition) is 3. The quantitative estimate of drug-likeness (QED) is 0.770. The number of hydrogen-bond donors (Lipinski definition) is 0. The van der Waals surface area contributed by atoms with Gasteiger partial charge in [0.1, 0.15) is 10.7 Å². The Morgan fingerprint density at radius 2 is 2.24 bits per heavy atom. The standard InChI is InChI=1S/C12H13Br2NO2/c13-9-5-6-15-12(14)8(9)7-17-11-4-2-1-3-10(11)16/h5-6,11H,1-4,7H2. The van der Waals surface area contributed by atoms with Gasteiger partial charge in [0, 0.05) is 22.7 Å². The van der Waals surface area contributed by atoms with Crippen LogP contribution in [-0.2, 0) is 16.1 Å². The third-order valence-electron chi connectivity index (χ3n) is 2.87. The maximum Gasteiger partial charge on any atom is 0.161 e. The van der Waals surface area contributed by atoms with E-state index in [0.29, 0.717) is 13.0 Å². The molecule has 0 amide bonds. The van der Waals surface area contributed by atoms with Gasteiger partial charge in [-0.15, -0.1) is 0 Å². The molecule has 3 nitrogen and oxygen atoms in total. The number of rotatable bonds is 3. The van der Waals surface area contributed by atoms with E-state index < -0.39 is 0 Å². The third-order valence-corrected chi connectivity index (χ3v) is 4.30. The summed E-state index contributed by atoms with van der Waals surface area (Å²) in [5.41, 5.74) is 0.950. The van der Waals surface area contributed by atoms with Crippen molar-refractivity contribution < 1.29 is 9.53 Å². The molecule has 1 aliphatic rings. The number of pyridine rings is 1. The molecule has 0 aromatic carbocycles. The van der Waals surface area contributed by atoms with Crippen molar-refractivity contribution in [2.75, 3.05) is 0 Å². The van der Waals surface area contributed by atoms with E-state index >= 15 is 0 Å². The number of carbonyl (C=O) groups is 1. The van der Waals surface area contributed by atoms with E-state index in [0.717, 1.165) is 33.9 Å². The van der Waals surface area contributed by atoms with Gasteiger partial charge in [-0.3, -0.25) is 4.79 Å². The summed E-state index contributed by atoms with van der Waals surface area (Å²) in [6.45, 7) is 0.408. The van der Waals surface area contributed by atoms with Crippen molar-refractivity contribution >= 4 is 37.6 Å². The lowest BCUT2D eigenvalue weighted by Gasteiger charge is -2.21. The van der Waals surface area contributed by atoms with Gasteiger partial charge in [-0.25, -0.2) is 4.98 Å². The second-order valence-corrected chi connectivity index (χ2v) is 5.68. The molecule has 92 valence electrons. The fourth-order valence-corrected chi connectivity index (χ4v) is 3.02. The van der Waals surface area contributed by atoms with Crippen molar-refractivity contribution in [2.45, 2.75) is 38.4 Å². The van der Waals surface area contributed by atoms with Crippen LogP contribution in [-0.4, -0.2) is 16.9 Å². The highest BCUT2D eigenvalue weighted by atomic mass is 79.9. The summed E-state index contributed by atoms with van der Waals surface area (Å²) in [7, 11) is 0. The number of Topliss-reactive ketones (excluding diaryl/α,β-unsaturated/α-hetero) is 1. The summed E-state index contributed by atoms with van der Waals surface area (Å²) in [6, 6.07) is 1.87. The molecule has 1 saturated carbocycles. The van der Waals surface area contributed by atoms with Crippen LogP contribution in [0.1, 0.15) is 31.2 Å². The van der Waals surface area contributed by atoms with Crippen LogP contribution in [0.2, 0.25) is 0 Å². The van der Waals surface area contributed by atoms with Gasteiger partial charge in [0.05, 0.1) is 6.61 Å². The van der Waals surface area contributed by atoms with Crippen molar-refractivity contribution in [1.29, 1.82) is 0 Å². The first-order valence-corrected chi connectivity index (χ1v) is 7.20. The molecule has 5 heteroatoms. The molecule has 1 aromatic rings. The first kappa shape index (κ1) is 13.2. The topological polar surface area (TPSA) is 39.2 Å². The molecule has 1 atom stereocenters. The van der Waals surface area contributed by atoms with Gasteiger partial charge in [0.2, 0.25) is 0 Å². The lowest BCUT2D eigenvalue weighted by atomic mass is 9.96. The molecule has 2 rings (SSSR count). The number of halogens is 2. The highest BCUT2D eigenvalue weighted by Gasteiger charge is 2.23. The summed E-state index contributed by atoms with van der Waals surface area (Å²) in [5.74, 6) is 0.229. The van der Waals surface area contributed by atoms with Crippen molar-refractivity contribution in [2.24, 2.45) is 0 Å². The van der Waals surface area contributed by atoms with Crippen LogP contribution in [0.15, 0.2) is 21.3 Å². The van der Waals surface area contributed by atoms with Crippen LogP contribution < -0.4 is 0 Å². The van der Waals surface area contributed by atoms with Gasteiger partial charge in [-0.05, 0) is 41.3 Å². The second kappa shape index (κ2) is 6.07. The van der Waals surface area contributed by atoms with Gasteiger partial charge >= 0.3 is 0 Å². The number of ketones is 1. The zero-order chi connectivity index (χ0) is 12.3. The first-order chi connectivity index (χ1) is 8.18. The number of nitrogens with zero attached hydrogens (tertiary/aromatic N) is 1. The summed E-state index contributed by atoms with van der Waals surface area (Å²) in [4.78, 5) is 15.8. The molecule has 1 aromatic heterocycles. The van der Waals surface area contributed by atoms with Crippen molar-refractivity contribution in [3.63, 3.8) is 0 Å². The van der Waals surface area contributed by atoms with Gasteiger partial charge in [0.15, 0.2) is 5.78 Å². The molecular formula is C12H13Br2NO2. The molecule has 1 aliphatic carbocycles. The molecule has 17 heavy (non-hydrogen) atoms. The molecule has 0 N–H and O–H groups in total. The number of aromatic nitrogens is 1.